The van der Waals surface area contributed by atoms with Crippen molar-refractivity contribution in [1.29, 1.82) is 0 Å². The largest absolute Gasteiger partial charge is 0.334 e. The molecule has 0 radical (unpaired) electrons. The molecule has 3 aromatic rings. The number of nitrogens with zero attached hydrogens (tertiary/aromatic N) is 2. The van der Waals surface area contributed by atoms with Crippen molar-refractivity contribution in [3.05, 3.63) is 94.8 Å². The average Bonchev–Trinajstić information content (AvgIpc) is 2.81. The van der Waals surface area contributed by atoms with E-state index in [0.29, 0.717) is 34.9 Å². The lowest BCUT2D eigenvalue weighted by Gasteiger charge is -2.32. The average molecular weight is 451 g/mol. The third-order valence-electron chi connectivity index (χ3n) is 5.07. The van der Waals surface area contributed by atoms with Crippen LogP contribution < -0.4 is 11.1 Å². The normalized spacial score (nSPS) is 11.1. The Morgan fingerprint density at radius 3 is 2.44 bits per heavy atom. The first-order valence-corrected chi connectivity index (χ1v) is 10.7. The van der Waals surface area contributed by atoms with Gasteiger partial charge in [0.25, 0.3) is 11.8 Å². The van der Waals surface area contributed by atoms with Gasteiger partial charge in [-0.2, -0.15) is 0 Å². The van der Waals surface area contributed by atoms with Crippen LogP contribution in [0, 0.1) is 5.41 Å². The molecular formula is C25H27ClN4O2. The molecule has 3 N–H and O–H groups in total. The Bertz CT molecular complexity index is 1070. The molecule has 0 aliphatic heterocycles. The van der Waals surface area contributed by atoms with Gasteiger partial charge in [0.15, 0.2) is 0 Å². The predicted molar refractivity (Wildman–Crippen MR) is 128 cm³/mol. The van der Waals surface area contributed by atoms with Crippen LogP contribution in [0.4, 0.5) is 5.69 Å². The Morgan fingerprint density at radius 2 is 1.78 bits per heavy atom. The molecule has 2 aromatic carbocycles. The van der Waals surface area contributed by atoms with Gasteiger partial charge in [0.2, 0.25) is 0 Å². The topological polar surface area (TPSA) is 88.3 Å². The molecule has 166 valence electrons. The van der Waals surface area contributed by atoms with Crippen molar-refractivity contribution in [3.8, 4) is 0 Å². The molecule has 0 aliphatic rings. The monoisotopic (exact) mass is 450 g/mol. The standard InChI is InChI=1S/C25H27ClN4O2/c1-25(2,16-27)17-30(24(32)18-7-4-3-5-8-18)15-20-13-21(10-11-22(20)26)29-23(31)19-9-6-12-28-14-19/h3-14H,15-17,27H2,1-2H3,(H,29,31). The predicted octanol–water partition coefficient (Wildman–Crippen LogP) is 4.61. The molecule has 0 atom stereocenters. The van der Waals surface area contributed by atoms with E-state index in [0.717, 1.165) is 5.56 Å². The number of pyridine rings is 1. The zero-order chi connectivity index (χ0) is 23.1. The van der Waals surface area contributed by atoms with Gasteiger partial charge in [0, 0.05) is 41.8 Å². The molecular weight excluding hydrogens is 424 g/mol. The van der Waals surface area contributed by atoms with Crippen LogP contribution in [0.3, 0.4) is 0 Å². The van der Waals surface area contributed by atoms with Gasteiger partial charge in [-0.15, -0.1) is 0 Å². The smallest absolute Gasteiger partial charge is 0.257 e. The van der Waals surface area contributed by atoms with Crippen molar-refractivity contribution >= 4 is 29.1 Å². The van der Waals surface area contributed by atoms with Gasteiger partial charge < -0.3 is 16.0 Å². The highest BCUT2D eigenvalue weighted by Crippen LogP contribution is 2.25. The molecule has 7 heteroatoms. The second-order valence-electron chi connectivity index (χ2n) is 8.40. The van der Waals surface area contributed by atoms with Gasteiger partial charge in [0.05, 0.1) is 5.56 Å². The fraction of sp³-hybridized carbons (Fsp3) is 0.240. The zero-order valence-corrected chi connectivity index (χ0v) is 19.0. The summed E-state index contributed by atoms with van der Waals surface area (Å²) in [6.07, 6.45) is 3.11. The maximum Gasteiger partial charge on any atom is 0.257 e. The lowest BCUT2D eigenvalue weighted by Crippen LogP contribution is -2.41. The van der Waals surface area contributed by atoms with Gasteiger partial charge in [-0.1, -0.05) is 43.6 Å². The van der Waals surface area contributed by atoms with Gasteiger partial charge in [0.1, 0.15) is 0 Å². The summed E-state index contributed by atoms with van der Waals surface area (Å²) in [5, 5.41) is 3.37. The quantitative estimate of drug-likeness (QED) is 0.524. The van der Waals surface area contributed by atoms with E-state index in [1.54, 1.807) is 53.6 Å². The van der Waals surface area contributed by atoms with Crippen LogP contribution in [0.2, 0.25) is 5.02 Å². The number of amides is 2. The Morgan fingerprint density at radius 1 is 1.06 bits per heavy atom. The summed E-state index contributed by atoms with van der Waals surface area (Å²) in [6, 6.07) is 17.7. The molecule has 0 saturated heterocycles. The van der Waals surface area contributed by atoms with Crippen molar-refractivity contribution in [2.45, 2.75) is 20.4 Å². The number of halogens is 1. The molecule has 0 bridgehead atoms. The first-order chi connectivity index (χ1) is 15.3. The van der Waals surface area contributed by atoms with Crippen LogP contribution >= 0.6 is 11.6 Å². The van der Waals surface area contributed by atoms with Crippen LogP contribution in [0.25, 0.3) is 0 Å². The van der Waals surface area contributed by atoms with Crippen molar-refractivity contribution in [2.75, 3.05) is 18.4 Å². The van der Waals surface area contributed by atoms with E-state index >= 15 is 0 Å². The van der Waals surface area contributed by atoms with Crippen LogP contribution in [0.5, 0.6) is 0 Å². The third kappa shape index (κ3) is 6.15. The van der Waals surface area contributed by atoms with Gasteiger partial charge in [-0.3, -0.25) is 14.6 Å². The lowest BCUT2D eigenvalue weighted by molar-refractivity contribution is 0.0673. The van der Waals surface area contributed by atoms with Crippen molar-refractivity contribution in [3.63, 3.8) is 0 Å². The Labute approximate surface area is 193 Å². The van der Waals surface area contributed by atoms with E-state index in [4.69, 9.17) is 17.3 Å². The van der Waals surface area contributed by atoms with Crippen molar-refractivity contribution in [2.24, 2.45) is 11.1 Å². The molecule has 6 nitrogen and oxygen atoms in total. The molecule has 32 heavy (non-hydrogen) atoms. The summed E-state index contributed by atoms with van der Waals surface area (Å²) < 4.78 is 0. The van der Waals surface area contributed by atoms with E-state index in [-0.39, 0.29) is 23.8 Å². The fourth-order valence-corrected chi connectivity index (χ4v) is 3.40. The highest BCUT2D eigenvalue weighted by atomic mass is 35.5. The summed E-state index contributed by atoms with van der Waals surface area (Å²) in [5.41, 5.74) is 8.02. The van der Waals surface area contributed by atoms with Crippen LogP contribution in [-0.2, 0) is 6.54 Å². The summed E-state index contributed by atoms with van der Waals surface area (Å²) in [6.45, 7) is 5.21. The second-order valence-corrected chi connectivity index (χ2v) is 8.80. The third-order valence-corrected chi connectivity index (χ3v) is 5.44. The maximum atomic E-state index is 13.3. The number of hydrogen-bond donors (Lipinski definition) is 2. The van der Waals surface area contributed by atoms with E-state index < -0.39 is 0 Å². The molecule has 0 aliphatic carbocycles. The minimum absolute atomic E-state index is 0.104. The number of anilines is 1. The van der Waals surface area contributed by atoms with Gasteiger partial charge in [-0.05, 0) is 60.0 Å². The number of benzene rings is 2. The molecule has 0 saturated carbocycles. The number of rotatable bonds is 8. The van der Waals surface area contributed by atoms with E-state index in [1.165, 1.54) is 6.20 Å². The van der Waals surface area contributed by atoms with E-state index in [9.17, 15) is 9.59 Å². The zero-order valence-electron chi connectivity index (χ0n) is 18.2. The number of nitrogens with one attached hydrogen (secondary N) is 1. The highest BCUT2D eigenvalue weighted by Gasteiger charge is 2.25. The number of carbonyl (C=O) groups is 2. The van der Waals surface area contributed by atoms with Crippen molar-refractivity contribution < 1.29 is 9.59 Å². The SMILES string of the molecule is CC(C)(CN)CN(Cc1cc(NC(=O)c2cccnc2)ccc1Cl)C(=O)c1ccccc1. The van der Waals surface area contributed by atoms with Gasteiger partial charge >= 0.3 is 0 Å². The number of nitrogens with two attached hydrogens (primary N) is 1. The first-order valence-electron chi connectivity index (χ1n) is 10.3. The van der Waals surface area contributed by atoms with E-state index in [2.05, 4.69) is 10.3 Å². The Kier molecular flexibility index (Phi) is 7.62. The molecule has 1 heterocycles. The minimum Gasteiger partial charge on any atom is -0.334 e. The first kappa shape index (κ1) is 23.4. The van der Waals surface area contributed by atoms with Crippen LogP contribution in [0.1, 0.15) is 40.1 Å². The molecule has 2 amide bonds. The Balaban J connectivity index is 1.85. The lowest BCUT2D eigenvalue weighted by atomic mass is 9.92. The summed E-state index contributed by atoms with van der Waals surface area (Å²) >= 11 is 6.46. The number of aromatic nitrogens is 1. The van der Waals surface area contributed by atoms with Crippen LogP contribution in [-0.4, -0.2) is 34.8 Å². The molecule has 0 spiro atoms. The molecule has 3 rings (SSSR count). The maximum absolute atomic E-state index is 13.3. The van der Waals surface area contributed by atoms with Gasteiger partial charge in [-0.25, -0.2) is 0 Å². The molecule has 1 aromatic heterocycles. The summed E-state index contributed by atoms with van der Waals surface area (Å²) in [4.78, 5) is 31.5. The molecule has 0 unspecified atom stereocenters. The van der Waals surface area contributed by atoms with E-state index in [1.807, 2.05) is 32.0 Å². The number of carbonyl (C=O) groups excluding carboxylic acids is 2. The number of hydrogen-bond acceptors (Lipinski definition) is 4. The summed E-state index contributed by atoms with van der Waals surface area (Å²) in [5.74, 6) is -0.374. The fourth-order valence-electron chi connectivity index (χ4n) is 3.22. The second kappa shape index (κ2) is 10.4. The minimum atomic E-state index is -0.275. The summed E-state index contributed by atoms with van der Waals surface area (Å²) in [7, 11) is 0. The Hall–Kier alpha value is -3.22. The van der Waals surface area contributed by atoms with Crippen molar-refractivity contribution in [1.82, 2.24) is 9.88 Å². The van der Waals surface area contributed by atoms with Crippen LogP contribution in [0.15, 0.2) is 73.1 Å². The highest BCUT2D eigenvalue weighted by molar-refractivity contribution is 6.31. The molecule has 0 fully saturated rings.